The molecular formula is C16H25ClN2O3. The number of rotatable bonds is 9. The van der Waals surface area contributed by atoms with Gasteiger partial charge in [-0.3, -0.25) is 4.79 Å². The Balaban J connectivity index is 2.83. The molecule has 0 atom stereocenters. The summed E-state index contributed by atoms with van der Waals surface area (Å²) in [6, 6.07) is 3.22. The predicted octanol–water partition coefficient (Wildman–Crippen LogP) is 2.85. The van der Waals surface area contributed by atoms with Crippen LogP contribution in [0.5, 0.6) is 11.5 Å². The van der Waals surface area contributed by atoms with Crippen molar-refractivity contribution in [3.8, 4) is 11.5 Å². The zero-order valence-corrected chi connectivity index (χ0v) is 14.2. The van der Waals surface area contributed by atoms with Crippen LogP contribution in [0.25, 0.3) is 0 Å². The molecule has 1 aromatic carbocycles. The number of halogens is 1. The summed E-state index contributed by atoms with van der Waals surface area (Å²) in [4.78, 5) is 12.0. The highest BCUT2D eigenvalue weighted by Gasteiger charge is 2.15. The molecule has 0 radical (unpaired) electrons. The van der Waals surface area contributed by atoms with Crippen LogP contribution in [0.4, 0.5) is 0 Å². The standard InChI is InChI=1S/C16H25ClN2O3/c1-11(2)5-8-22-15-13(17)9-12(10-14(15)21-3)16(20)19-7-4-6-18/h9-11H,4-8,18H2,1-3H3,(H,19,20). The summed E-state index contributed by atoms with van der Waals surface area (Å²) in [5.41, 5.74) is 5.84. The van der Waals surface area contributed by atoms with Gasteiger partial charge in [0.05, 0.1) is 18.7 Å². The maximum Gasteiger partial charge on any atom is 0.251 e. The van der Waals surface area contributed by atoms with Crippen molar-refractivity contribution >= 4 is 17.5 Å². The molecule has 1 amide bonds. The third kappa shape index (κ3) is 5.73. The van der Waals surface area contributed by atoms with E-state index in [-0.39, 0.29) is 5.91 Å². The number of nitrogens with one attached hydrogen (secondary N) is 1. The lowest BCUT2D eigenvalue weighted by atomic mass is 10.1. The maximum atomic E-state index is 12.0. The average molecular weight is 329 g/mol. The molecule has 0 heterocycles. The first-order valence-corrected chi connectivity index (χ1v) is 7.86. The lowest BCUT2D eigenvalue weighted by Gasteiger charge is -2.15. The fourth-order valence-corrected chi connectivity index (χ4v) is 2.06. The van der Waals surface area contributed by atoms with Crippen LogP contribution in [0.15, 0.2) is 12.1 Å². The zero-order valence-electron chi connectivity index (χ0n) is 13.4. The maximum absolute atomic E-state index is 12.0. The van der Waals surface area contributed by atoms with Crippen LogP contribution in [0.2, 0.25) is 5.02 Å². The van der Waals surface area contributed by atoms with Crippen LogP contribution in [0.3, 0.4) is 0 Å². The quantitative estimate of drug-likeness (QED) is 0.684. The largest absolute Gasteiger partial charge is 0.493 e. The Morgan fingerprint density at radius 3 is 2.73 bits per heavy atom. The molecule has 1 aromatic rings. The van der Waals surface area contributed by atoms with Crippen LogP contribution >= 0.6 is 11.6 Å². The minimum absolute atomic E-state index is 0.206. The topological polar surface area (TPSA) is 73.6 Å². The van der Waals surface area contributed by atoms with Gasteiger partial charge in [-0.2, -0.15) is 0 Å². The molecule has 1 rings (SSSR count). The molecule has 6 heteroatoms. The van der Waals surface area contributed by atoms with Gasteiger partial charge in [-0.05, 0) is 37.4 Å². The van der Waals surface area contributed by atoms with Gasteiger partial charge in [0.25, 0.3) is 5.91 Å². The summed E-state index contributed by atoms with van der Waals surface area (Å²) in [6.07, 6.45) is 1.65. The van der Waals surface area contributed by atoms with Crippen LogP contribution in [-0.2, 0) is 0 Å². The molecule has 0 unspecified atom stereocenters. The second kappa shape index (κ2) is 9.54. The molecule has 3 N–H and O–H groups in total. The fourth-order valence-electron chi connectivity index (χ4n) is 1.79. The molecule has 5 nitrogen and oxygen atoms in total. The van der Waals surface area contributed by atoms with Gasteiger partial charge in [0, 0.05) is 12.1 Å². The molecule has 0 aliphatic carbocycles. The monoisotopic (exact) mass is 328 g/mol. The van der Waals surface area contributed by atoms with Gasteiger partial charge < -0.3 is 20.5 Å². The highest BCUT2D eigenvalue weighted by Crippen LogP contribution is 2.36. The summed E-state index contributed by atoms with van der Waals surface area (Å²) in [5, 5.41) is 3.15. The van der Waals surface area contributed by atoms with Crippen molar-refractivity contribution in [2.24, 2.45) is 11.7 Å². The second-order valence-corrected chi connectivity index (χ2v) is 5.83. The van der Waals surface area contributed by atoms with Crippen LogP contribution < -0.4 is 20.5 Å². The first kappa shape index (κ1) is 18.6. The number of nitrogens with two attached hydrogens (primary N) is 1. The minimum atomic E-state index is -0.206. The molecule has 0 spiro atoms. The van der Waals surface area contributed by atoms with E-state index in [1.54, 1.807) is 12.1 Å². The molecule has 0 bridgehead atoms. The molecule has 0 aromatic heterocycles. The summed E-state index contributed by atoms with van der Waals surface area (Å²) < 4.78 is 11.0. The van der Waals surface area contributed by atoms with Crippen molar-refractivity contribution in [2.45, 2.75) is 26.7 Å². The summed E-state index contributed by atoms with van der Waals surface area (Å²) in [6.45, 7) is 5.86. The normalized spacial score (nSPS) is 10.6. The van der Waals surface area contributed by atoms with E-state index in [1.165, 1.54) is 7.11 Å². The number of amides is 1. The molecule has 0 saturated heterocycles. The number of carbonyl (C=O) groups excluding carboxylic acids is 1. The Labute approximate surface area is 137 Å². The Kier molecular flexibility index (Phi) is 8.06. The van der Waals surface area contributed by atoms with Crippen LogP contribution in [-0.4, -0.2) is 32.7 Å². The Morgan fingerprint density at radius 2 is 2.14 bits per heavy atom. The van der Waals surface area contributed by atoms with Crippen LogP contribution in [0.1, 0.15) is 37.0 Å². The van der Waals surface area contributed by atoms with E-state index in [2.05, 4.69) is 19.2 Å². The van der Waals surface area contributed by atoms with Crippen molar-refractivity contribution in [2.75, 3.05) is 26.8 Å². The minimum Gasteiger partial charge on any atom is -0.493 e. The molecule has 0 aliphatic rings. The number of hydrogen-bond donors (Lipinski definition) is 2. The molecule has 0 saturated carbocycles. The van der Waals surface area contributed by atoms with Crippen molar-refractivity contribution in [1.29, 1.82) is 0 Å². The number of carbonyl (C=O) groups is 1. The zero-order chi connectivity index (χ0) is 16.5. The first-order chi connectivity index (χ1) is 10.5. The van der Waals surface area contributed by atoms with Gasteiger partial charge in [0.15, 0.2) is 11.5 Å². The summed E-state index contributed by atoms with van der Waals surface area (Å²) in [7, 11) is 1.52. The Hall–Kier alpha value is -1.46. The van der Waals surface area contributed by atoms with Gasteiger partial charge in [0.1, 0.15) is 0 Å². The van der Waals surface area contributed by atoms with E-state index < -0.39 is 0 Å². The van der Waals surface area contributed by atoms with E-state index in [0.717, 1.165) is 12.8 Å². The van der Waals surface area contributed by atoms with E-state index in [9.17, 15) is 4.79 Å². The third-order valence-corrected chi connectivity index (χ3v) is 3.38. The fraction of sp³-hybridized carbons (Fsp3) is 0.562. The Bertz CT molecular complexity index is 493. The van der Waals surface area contributed by atoms with E-state index in [1.807, 2.05) is 0 Å². The first-order valence-electron chi connectivity index (χ1n) is 7.48. The van der Waals surface area contributed by atoms with E-state index in [0.29, 0.717) is 47.7 Å². The van der Waals surface area contributed by atoms with Crippen molar-refractivity contribution in [3.63, 3.8) is 0 Å². The highest BCUT2D eigenvalue weighted by atomic mass is 35.5. The van der Waals surface area contributed by atoms with Crippen LogP contribution in [0, 0.1) is 5.92 Å². The van der Waals surface area contributed by atoms with Gasteiger partial charge in [-0.1, -0.05) is 25.4 Å². The SMILES string of the molecule is COc1cc(C(=O)NCCCN)cc(Cl)c1OCCC(C)C. The van der Waals surface area contributed by atoms with E-state index in [4.69, 9.17) is 26.8 Å². The average Bonchev–Trinajstić information content (AvgIpc) is 2.48. The summed E-state index contributed by atoms with van der Waals surface area (Å²) in [5.74, 6) is 1.27. The van der Waals surface area contributed by atoms with Crippen molar-refractivity contribution in [1.82, 2.24) is 5.32 Å². The van der Waals surface area contributed by atoms with Crippen molar-refractivity contribution in [3.05, 3.63) is 22.7 Å². The van der Waals surface area contributed by atoms with E-state index >= 15 is 0 Å². The van der Waals surface area contributed by atoms with Gasteiger partial charge in [0.2, 0.25) is 0 Å². The predicted molar refractivity (Wildman–Crippen MR) is 89.0 cm³/mol. The number of ether oxygens (including phenoxy) is 2. The highest BCUT2D eigenvalue weighted by molar-refractivity contribution is 6.32. The lowest BCUT2D eigenvalue weighted by molar-refractivity contribution is 0.0953. The molecule has 0 fully saturated rings. The molecular weight excluding hydrogens is 304 g/mol. The number of benzene rings is 1. The van der Waals surface area contributed by atoms with Gasteiger partial charge >= 0.3 is 0 Å². The molecule has 22 heavy (non-hydrogen) atoms. The second-order valence-electron chi connectivity index (χ2n) is 5.42. The van der Waals surface area contributed by atoms with Gasteiger partial charge in [-0.25, -0.2) is 0 Å². The lowest BCUT2D eigenvalue weighted by Crippen LogP contribution is -2.26. The van der Waals surface area contributed by atoms with Crippen molar-refractivity contribution < 1.29 is 14.3 Å². The smallest absolute Gasteiger partial charge is 0.251 e. The number of hydrogen-bond acceptors (Lipinski definition) is 4. The molecule has 0 aliphatic heterocycles. The summed E-state index contributed by atoms with van der Waals surface area (Å²) >= 11 is 6.23. The Morgan fingerprint density at radius 1 is 1.41 bits per heavy atom. The molecule has 124 valence electrons. The van der Waals surface area contributed by atoms with Gasteiger partial charge in [-0.15, -0.1) is 0 Å². The number of methoxy groups -OCH3 is 1. The third-order valence-electron chi connectivity index (χ3n) is 3.10.